The largest absolute Gasteiger partial charge is 0.506 e. The number of hydrogen-bond donors (Lipinski definition) is 2. The summed E-state index contributed by atoms with van der Waals surface area (Å²) in [6.45, 7) is 2.57. The highest BCUT2D eigenvalue weighted by Gasteiger charge is 2.25. The van der Waals surface area contributed by atoms with E-state index in [9.17, 15) is 31.9 Å². The Balaban J connectivity index is 0.000000195. The molecule has 50 heavy (non-hydrogen) atoms. The van der Waals surface area contributed by atoms with E-state index in [1.807, 2.05) is 0 Å². The molecule has 4 heterocycles. The molecule has 11 nitrogen and oxygen atoms in total. The molecule has 4 aromatic rings. The summed E-state index contributed by atoms with van der Waals surface area (Å²) in [6, 6.07) is 11.7. The van der Waals surface area contributed by atoms with Crippen molar-refractivity contribution in [2.45, 2.75) is 37.9 Å². The van der Waals surface area contributed by atoms with Crippen molar-refractivity contribution in [1.29, 1.82) is 0 Å². The molecule has 0 unspecified atom stereocenters. The minimum absolute atomic E-state index is 0.0625. The molecule has 2 aromatic carbocycles. The Kier molecular flexibility index (Phi) is 13.4. The number of hydrogen-bond acceptors (Lipinski definition) is 8. The van der Waals surface area contributed by atoms with Crippen LogP contribution in [0.5, 0.6) is 23.0 Å². The van der Waals surface area contributed by atoms with Crippen molar-refractivity contribution in [3.05, 3.63) is 117 Å². The lowest BCUT2D eigenvalue weighted by Gasteiger charge is -2.31. The molecule has 0 bridgehead atoms. The lowest BCUT2D eigenvalue weighted by atomic mass is 10.1. The lowest BCUT2D eigenvalue weighted by Crippen LogP contribution is -2.43. The lowest BCUT2D eigenvalue weighted by molar-refractivity contribution is 0.0926. The molecule has 0 atom stereocenters. The van der Waals surface area contributed by atoms with Crippen molar-refractivity contribution < 1.29 is 41.7 Å². The Morgan fingerprint density at radius 3 is 1.60 bits per heavy atom. The second-order valence-electron chi connectivity index (χ2n) is 11.6. The first kappa shape index (κ1) is 37.5. The summed E-state index contributed by atoms with van der Waals surface area (Å²) in [6.07, 6.45) is 4.89. The Labute approximate surface area is 285 Å². The summed E-state index contributed by atoms with van der Waals surface area (Å²) < 4.78 is 71.1. The first-order valence-electron chi connectivity index (χ1n) is 15.8. The van der Waals surface area contributed by atoms with Crippen molar-refractivity contribution in [3.8, 4) is 23.0 Å². The molecule has 1 amide bonds. The van der Waals surface area contributed by atoms with Gasteiger partial charge in [-0.25, -0.2) is 22.4 Å². The number of aromatic nitrogens is 2. The van der Waals surface area contributed by atoms with E-state index in [0.717, 1.165) is 50.2 Å². The number of carbonyl (C=O) groups is 1. The highest BCUT2D eigenvalue weighted by atomic mass is 19.1. The van der Waals surface area contributed by atoms with Gasteiger partial charge in [-0.2, -0.15) is 0 Å². The Morgan fingerprint density at radius 1 is 0.680 bits per heavy atom. The minimum atomic E-state index is -0.696. The van der Waals surface area contributed by atoms with Gasteiger partial charge >= 0.3 is 6.09 Å². The number of carbonyl (C=O) groups excluding carboxylic acids is 1. The zero-order valence-corrected chi connectivity index (χ0v) is 27.5. The van der Waals surface area contributed by atoms with Crippen molar-refractivity contribution in [1.82, 2.24) is 19.4 Å². The fourth-order valence-electron chi connectivity index (χ4n) is 5.02. The standard InChI is InChI=1S/C18H18F2N2O4.C11H13F2NO.C6H7NO2/c1-21-11-15(2-3-17(21)23)26-18(24)22-6-4-14(5-7-22)25-16-9-12(19)8-13(20)10-16;12-8-5-9(13)7-11(6-8)15-10-1-3-14-4-2-10;1-7-4-5(8)2-3-6(7)9/h2-3,8-11,14H,4-7H2,1H3;5-7,10,14H,1-4H2;2-4,8H,1H3. The molecule has 2 N–H and O–H groups in total. The van der Waals surface area contributed by atoms with Crippen LogP contribution in [0.25, 0.3) is 0 Å². The Hall–Kier alpha value is -5.31. The highest BCUT2D eigenvalue weighted by molar-refractivity contribution is 5.70. The number of nitrogens with zero attached hydrogens (tertiary/aromatic N) is 3. The second-order valence-corrected chi connectivity index (χ2v) is 11.6. The van der Waals surface area contributed by atoms with E-state index in [4.69, 9.17) is 19.3 Å². The summed E-state index contributed by atoms with van der Waals surface area (Å²) >= 11 is 0. The quantitative estimate of drug-likeness (QED) is 0.282. The third kappa shape index (κ3) is 12.0. The Bertz CT molecular complexity index is 1820. The molecule has 2 aliphatic rings. The van der Waals surface area contributed by atoms with Crippen LogP contribution in [0, 0.1) is 23.3 Å². The zero-order chi connectivity index (χ0) is 36.2. The van der Waals surface area contributed by atoms with Crippen molar-refractivity contribution in [2.75, 3.05) is 26.2 Å². The average molecular weight is 703 g/mol. The van der Waals surface area contributed by atoms with Gasteiger partial charge in [-0.3, -0.25) is 9.59 Å². The average Bonchev–Trinajstić information content (AvgIpc) is 3.05. The van der Waals surface area contributed by atoms with Crippen molar-refractivity contribution in [3.63, 3.8) is 0 Å². The summed E-state index contributed by atoms with van der Waals surface area (Å²) in [7, 11) is 3.15. The van der Waals surface area contributed by atoms with Gasteiger partial charge in [-0.15, -0.1) is 0 Å². The monoisotopic (exact) mass is 702 g/mol. The minimum Gasteiger partial charge on any atom is -0.506 e. The van der Waals surface area contributed by atoms with E-state index < -0.39 is 29.4 Å². The molecule has 0 spiro atoms. The van der Waals surface area contributed by atoms with E-state index in [1.54, 1.807) is 14.1 Å². The predicted molar refractivity (Wildman–Crippen MR) is 176 cm³/mol. The second kappa shape index (κ2) is 17.9. The van der Waals surface area contributed by atoms with Gasteiger partial charge in [0.1, 0.15) is 58.5 Å². The van der Waals surface area contributed by atoms with E-state index in [0.29, 0.717) is 25.9 Å². The molecular weight excluding hydrogens is 664 g/mol. The summed E-state index contributed by atoms with van der Waals surface area (Å²) in [5, 5.41) is 12.0. The van der Waals surface area contributed by atoms with Gasteiger partial charge in [0, 0.05) is 101 Å². The molecule has 2 saturated heterocycles. The van der Waals surface area contributed by atoms with Gasteiger partial charge in [-0.1, -0.05) is 0 Å². The van der Waals surface area contributed by atoms with E-state index in [1.165, 1.54) is 62.8 Å². The fourth-order valence-corrected chi connectivity index (χ4v) is 5.02. The number of nitrogens with one attached hydrogen (secondary N) is 1. The van der Waals surface area contributed by atoms with Gasteiger partial charge in [0.05, 0.1) is 0 Å². The van der Waals surface area contributed by atoms with Crippen molar-refractivity contribution in [2.24, 2.45) is 14.1 Å². The van der Waals surface area contributed by atoms with Crippen LogP contribution >= 0.6 is 0 Å². The van der Waals surface area contributed by atoms with E-state index >= 15 is 0 Å². The molecule has 6 rings (SSSR count). The number of piperidine rings is 2. The maximum absolute atomic E-state index is 13.2. The number of aryl methyl sites for hydroxylation is 2. The van der Waals surface area contributed by atoms with Gasteiger partial charge in [0.2, 0.25) is 5.56 Å². The smallest absolute Gasteiger partial charge is 0.415 e. The predicted octanol–water partition coefficient (Wildman–Crippen LogP) is 4.89. The molecule has 0 radical (unpaired) electrons. The highest BCUT2D eigenvalue weighted by Crippen LogP contribution is 2.22. The van der Waals surface area contributed by atoms with Crippen LogP contribution in [-0.4, -0.2) is 63.6 Å². The van der Waals surface area contributed by atoms with Gasteiger partial charge in [0.15, 0.2) is 0 Å². The van der Waals surface area contributed by atoms with Crippen LogP contribution in [0.1, 0.15) is 25.7 Å². The normalized spacial score (nSPS) is 14.8. The summed E-state index contributed by atoms with van der Waals surface area (Å²) in [4.78, 5) is 35.7. The number of likely N-dealkylation sites (tertiary alicyclic amines) is 1. The van der Waals surface area contributed by atoms with Crippen LogP contribution in [-0.2, 0) is 14.1 Å². The maximum atomic E-state index is 13.2. The molecule has 0 saturated carbocycles. The van der Waals surface area contributed by atoms with E-state index in [-0.39, 0.29) is 46.3 Å². The molecule has 2 aliphatic heterocycles. The SMILES string of the molecule is Cn1cc(O)ccc1=O.Cn1cc(OC(=O)N2CCC(Oc3cc(F)cc(F)c3)CC2)ccc1=O.Fc1cc(F)cc(OC2CCNCC2)c1. The summed E-state index contributed by atoms with van der Waals surface area (Å²) in [5.41, 5.74) is -0.315. The van der Waals surface area contributed by atoms with Gasteiger partial charge in [-0.05, 0) is 38.1 Å². The fraction of sp³-hybridized carbons (Fsp3) is 0.343. The van der Waals surface area contributed by atoms with Crippen LogP contribution in [0.4, 0.5) is 22.4 Å². The third-order valence-electron chi connectivity index (χ3n) is 7.60. The first-order chi connectivity index (χ1) is 23.8. The van der Waals surface area contributed by atoms with Crippen molar-refractivity contribution >= 4 is 6.09 Å². The third-order valence-corrected chi connectivity index (χ3v) is 7.60. The van der Waals surface area contributed by atoms with E-state index in [2.05, 4.69) is 5.32 Å². The van der Waals surface area contributed by atoms with Crippen LogP contribution < -0.4 is 30.6 Å². The number of amides is 1. The molecular formula is C35H38F4N4O7. The van der Waals surface area contributed by atoms with Gasteiger partial charge < -0.3 is 38.7 Å². The topological polar surface area (TPSA) is 124 Å². The van der Waals surface area contributed by atoms with Gasteiger partial charge in [0.25, 0.3) is 5.56 Å². The number of halogens is 4. The number of benzene rings is 2. The number of rotatable bonds is 5. The van der Waals surface area contributed by atoms with Crippen LogP contribution in [0.3, 0.4) is 0 Å². The molecule has 0 aliphatic carbocycles. The first-order valence-corrected chi connectivity index (χ1v) is 15.8. The van der Waals surface area contributed by atoms with Crippen LogP contribution in [0.2, 0.25) is 0 Å². The maximum Gasteiger partial charge on any atom is 0.415 e. The molecule has 15 heteroatoms. The molecule has 2 aromatic heterocycles. The summed E-state index contributed by atoms with van der Waals surface area (Å²) in [5.74, 6) is -1.79. The van der Waals surface area contributed by atoms with Crippen LogP contribution in [0.15, 0.2) is 82.6 Å². The zero-order valence-electron chi connectivity index (χ0n) is 27.5. The number of ether oxygens (including phenoxy) is 3. The number of aromatic hydroxyl groups is 1. The Morgan fingerprint density at radius 2 is 1.14 bits per heavy atom. The number of pyridine rings is 2. The molecule has 268 valence electrons. The molecule has 2 fully saturated rings.